The Hall–Kier alpha value is -0.330. The average Bonchev–Trinajstić information content (AvgIpc) is 2.70. The SMILES string of the molecule is Cl.O=C(CC1CCNC1)Nc1cccc(I)c1. The summed E-state index contributed by atoms with van der Waals surface area (Å²) >= 11 is 2.24. The van der Waals surface area contributed by atoms with Crippen molar-refractivity contribution >= 4 is 46.6 Å². The molecule has 1 heterocycles. The highest BCUT2D eigenvalue weighted by Gasteiger charge is 2.17. The molecule has 1 aromatic carbocycles. The van der Waals surface area contributed by atoms with Crippen molar-refractivity contribution in [1.82, 2.24) is 5.32 Å². The number of halogens is 2. The van der Waals surface area contributed by atoms with Gasteiger partial charge in [-0.05, 0) is 66.2 Å². The number of benzene rings is 1. The molecule has 1 saturated heterocycles. The third-order valence-corrected chi connectivity index (χ3v) is 3.42. The quantitative estimate of drug-likeness (QED) is 0.808. The number of hydrogen-bond acceptors (Lipinski definition) is 2. The second-order valence-electron chi connectivity index (χ2n) is 4.12. The summed E-state index contributed by atoms with van der Waals surface area (Å²) in [7, 11) is 0. The van der Waals surface area contributed by atoms with Gasteiger partial charge in [-0.25, -0.2) is 0 Å². The van der Waals surface area contributed by atoms with Crippen LogP contribution in [0.1, 0.15) is 12.8 Å². The molecule has 2 rings (SSSR count). The van der Waals surface area contributed by atoms with Crippen LogP contribution in [0.25, 0.3) is 0 Å². The Morgan fingerprint density at radius 1 is 1.53 bits per heavy atom. The molecule has 3 nitrogen and oxygen atoms in total. The van der Waals surface area contributed by atoms with E-state index in [-0.39, 0.29) is 18.3 Å². The van der Waals surface area contributed by atoms with Gasteiger partial charge in [0.15, 0.2) is 0 Å². The molecule has 5 heteroatoms. The molecule has 0 aliphatic carbocycles. The van der Waals surface area contributed by atoms with Crippen LogP contribution in [0.3, 0.4) is 0 Å². The van der Waals surface area contributed by atoms with Crippen LogP contribution in [-0.4, -0.2) is 19.0 Å². The zero-order valence-corrected chi connectivity index (χ0v) is 12.4. The predicted octanol–water partition coefficient (Wildman–Crippen LogP) is 2.65. The Kier molecular flexibility index (Phi) is 6.22. The Morgan fingerprint density at radius 2 is 2.35 bits per heavy atom. The third-order valence-electron chi connectivity index (χ3n) is 2.74. The predicted molar refractivity (Wildman–Crippen MR) is 80.6 cm³/mol. The lowest BCUT2D eigenvalue weighted by atomic mass is 10.0. The van der Waals surface area contributed by atoms with Crippen molar-refractivity contribution in [2.45, 2.75) is 12.8 Å². The molecule has 17 heavy (non-hydrogen) atoms. The minimum absolute atomic E-state index is 0. The average molecular weight is 367 g/mol. The molecule has 0 aromatic heterocycles. The summed E-state index contributed by atoms with van der Waals surface area (Å²) in [4.78, 5) is 11.7. The zero-order chi connectivity index (χ0) is 11.4. The van der Waals surface area contributed by atoms with Gasteiger partial charge in [0, 0.05) is 15.7 Å². The molecular formula is C12H16ClIN2O. The minimum atomic E-state index is 0. The van der Waals surface area contributed by atoms with Crippen LogP contribution < -0.4 is 10.6 Å². The van der Waals surface area contributed by atoms with Gasteiger partial charge in [-0.3, -0.25) is 4.79 Å². The van der Waals surface area contributed by atoms with Crippen molar-refractivity contribution in [3.05, 3.63) is 27.8 Å². The molecule has 0 spiro atoms. The van der Waals surface area contributed by atoms with Gasteiger partial charge >= 0.3 is 0 Å². The fraction of sp³-hybridized carbons (Fsp3) is 0.417. The highest BCUT2D eigenvalue weighted by Crippen LogP contribution is 2.16. The highest BCUT2D eigenvalue weighted by molar-refractivity contribution is 14.1. The Labute approximate surface area is 121 Å². The van der Waals surface area contributed by atoms with Crippen LogP contribution in [0.15, 0.2) is 24.3 Å². The molecule has 1 aliphatic rings. The molecule has 2 N–H and O–H groups in total. The van der Waals surface area contributed by atoms with E-state index in [4.69, 9.17) is 0 Å². The first-order valence-corrected chi connectivity index (χ1v) is 6.58. The van der Waals surface area contributed by atoms with E-state index in [0.717, 1.165) is 28.8 Å². The lowest BCUT2D eigenvalue weighted by Gasteiger charge is -2.09. The molecule has 1 unspecified atom stereocenters. The summed E-state index contributed by atoms with van der Waals surface area (Å²) in [5.41, 5.74) is 0.892. The molecule has 1 fully saturated rings. The second kappa shape index (κ2) is 7.18. The first-order chi connectivity index (χ1) is 7.74. The summed E-state index contributed by atoms with van der Waals surface area (Å²) in [5, 5.41) is 6.21. The number of carbonyl (C=O) groups excluding carboxylic acids is 1. The zero-order valence-electron chi connectivity index (χ0n) is 9.41. The Bertz CT molecular complexity index is 381. The van der Waals surface area contributed by atoms with Crippen molar-refractivity contribution in [2.24, 2.45) is 5.92 Å². The molecule has 1 atom stereocenters. The Balaban J connectivity index is 0.00000144. The summed E-state index contributed by atoms with van der Waals surface area (Å²) in [6, 6.07) is 7.87. The van der Waals surface area contributed by atoms with Gasteiger partial charge in [-0.15, -0.1) is 12.4 Å². The summed E-state index contributed by atoms with van der Waals surface area (Å²) in [6.45, 7) is 2.01. The fourth-order valence-corrected chi connectivity index (χ4v) is 2.47. The van der Waals surface area contributed by atoms with Crippen LogP contribution in [0.2, 0.25) is 0 Å². The first kappa shape index (κ1) is 14.7. The topological polar surface area (TPSA) is 41.1 Å². The number of nitrogens with one attached hydrogen (secondary N) is 2. The second-order valence-corrected chi connectivity index (χ2v) is 5.37. The number of rotatable bonds is 3. The molecule has 1 amide bonds. The number of carbonyl (C=O) groups is 1. The van der Waals surface area contributed by atoms with E-state index in [1.54, 1.807) is 0 Å². The number of hydrogen-bond donors (Lipinski definition) is 2. The maximum absolute atomic E-state index is 11.7. The maximum Gasteiger partial charge on any atom is 0.224 e. The molecule has 94 valence electrons. The Morgan fingerprint density at radius 3 is 3.00 bits per heavy atom. The van der Waals surface area contributed by atoms with Gasteiger partial charge in [0.2, 0.25) is 5.91 Å². The van der Waals surface area contributed by atoms with Crippen molar-refractivity contribution in [2.75, 3.05) is 18.4 Å². The van der Waals surface area contributed by atoms with E-state index in [9.17, 15) is 4.79 Å². The smallest absolute Gasteiger partial charge is 0.224 e. The minimum Gasteiger partial charge on any atom is -0.326 e. The normalized spacial score (nSPS) is 18.5. The summed E-state index contributed by atoms with van der Waals surface area (Å²) in [5.74, 6) is 0.624. The van der Waals surface area contributed by atoms with E-state index >= 15 is 0 Å². The van der Waals surface area contributed by atoms with Crippen molar-refractivity contribution in [3.8, 4) is 0 Å². The van der Waals surface area contributed by atoms with Crippen LogP contribution in [0, 0.1) is 9.49 Å². The van der Waals surface area contributed by atoms with Gasteiger partial charge in [0.05, 0.1) is 0 Å². The van der Waals surface area contributed by atoms with Crippen LogP contribution >= 0.6 is 35.0 Å². The highest BCUT2D eigenvalue weighted by atomic mass is 127. The largest absolute Gasteiger partial charge is 0.326 e. The monoisotopic (exact) mass is 366 g/mol. The van der Waals surface area contributed by atoms with Gasteiger partial charge in [0.25, 0.3) is 0 Å². The molecule has 1 aliphatic heterocycles. The molecule has 0 bridgehead atoms. The lowest BCUT2D eigenvalue weighted by Crippen LogP contribution is -2.18. The lowest BCUT2D eigenvalue weighted by molar-refractivity contribution is -0.116. The van der Waals surface area contributed by atoms with Gasteiger partial charge in [0.1, 0.15) is 0 Å². The van der Waals surface area contributed by atoms with Crippen molar-refractivity contribution < 1.29 is 4.79 Å². The van der Waals surface area contributed by atoms with E-state index < -0.39 is 0 Å². The van der Waals surface area contributed by atoms with Crippen LogP contribution in [-0.2, 0) is 4.79 Å². The first-order valence-electron chi connectivity index (χ1n) is 5.50. The van der Waals surface area contributed by atoms with E-state index in [0.29, 0.717) is 12.3 Å². The summed E-state index contributed by atoms with van der Waals surface area (Å²) in [6.07, 6.45) is 1.73. The standard InChI is InChI=1S/C12H15IN2O.ClH/c13-10-2-1-3-11(7-10)15-12(16)6-9-4-5-14-8-9;/h1-3,7,9,14H,4-6,8H2,(H,15,16);1H. The fourth-order valence-electron chi connectivity index (χ4n) is 1.93. The van der Waals surface area contributed by atoms with Crippen molar-refractivity contribution in [3.63, 3.8) is 0 Å². The number of amides is 1. The van der Waals surface area contributed by atoms with Gasteiger partial charge < -0.3 is 10.6 Å². The van der Waals surface area contributed by atoms with Crippen LogP contribution in [0.4, 0.5) is 5.69 Å². The van der Waals surface area contributed by atoms with Crippen LogP contribution in [0.5, 0.6) is 0 Å². The maximum atomic E-state index is 11.7. The van der Waals surface area contributed by atoms with Gasteiger partial charge in [-0.1, -0.05) is 6.07 Å². The third kappa shape index (κ3) is 4.81. The van der Waals surface area contributed by atoms with E-state index in [1.165, 1.54) is 0 Å². The van der Waals surface area contributed by atoms with Gasteiger partial charge in [-0.2, -0.15) is 0 Å². The molecule has 1 aromatic rings. The molecule has 0 saturated carbocycles. The van der Waals surface area contributed by atoms with E-state index in [1.807, 2.05) is 24.3 Å². The molecule has 0 radical (unpaired) electrons. The van der Waals surface area contributed by atoms with E-state index in [2.05, 4.69) is 33.2 Å². The van der Waals surface area contributed by atoms with Crippen molar-refractivity contribution in [1.29, 1.82) is 0 Å². The molecular weight excluding hydrogens is 351 g/mol. The number of anilines is 1. The summed E-state index contributed by atoms with van der Waals surface area (Å²) < 4.78 is 1.14.